The van der Waals surface area contributed by atoms with Crippen LogP contribution in [0.5, 0.6) is 5.75 Å². The third-order valence-corrected chi connectivity index (χ3v) is 4.36. The Labute approximate surface area is 137 Å². The maximum atomic E-state index is 13.1. The molecule has 3 rings (SSSR count). The van der Waals surface area contributed by atoms with Gasteiger partial charge in [0, 0.05) is 12.2 Å². The number of hydrogen-bond acceptors (Lipinski definition) is 5. The second-order valence-corrected chi connectivity index (χ2v) is 6.18. The van der Waals surface area contributed by atoms with Crippen molar-refractivity contribution in [2.75, 3.05) is 6.61 Å². The number of aromatic amines is 1. The van der Waals surface area contributed by atoms with E-state index in [0.717, 1.165) is 24.8 Å². The lowest BCUT2D eigenvalue weighted by Crippen LogP contribution is -2.27. The van der Waals surface area contributed by atoms with E-state index in [1.54, 1.807) is 6.07 Å². The molecule has 1 atom stereocenters. The first-order valence-corrected chi connectivity index (χ1v) is 8.44. The highest BCUT2D eigenvalue weighted by atomic mass is 32.2. The fourth-order valence-electron chi connectivity index (χ4n) is 2.25. The molecule has 1 aliphatic rings. The van der Waals surface area contributed by atoms with E-state index in [4.69, 9.17) is 9.47 Å². The molecule has 1 aromatic heterocycles. The average molecular weight is 336 g/mol. The summed E-state index contributed by atoms with van der Waals surface area (Å²) in [6.45, 7) is 0.650. The van der Waals surface area contributed by atoms with E-state index in [1.165, 1.54) is 30.1 Å². The Kier molecular flexibility index (Phi) is 5.30. The van der Waals surface area contributed by atoms with Crippen molar-refractivity contribution >= 4 is 11.8 Å². The van der Waals surface area contributed by atoms with E-state index in [0.29, 0.717) is 17.5 Å². The second-order valence-electron chi connectivity index (χ2n) is 5.21. The highest BCUT2D eigenvalue weighted by molar-refractivity contribution is 7.98. The molecule has 0 amide bonds. The highest BCUT2D eigenvalue weighted by Gasteiger charge is 2.17. The van der Waals surface area contributed by atoms with Gasteiger partial charge in [0.15, 0.2) is 11.4 Å². The van der Waals surface area contributed by atoms with Gasteiger partial charge in [0.25, 0.3) is 5.56 Å². The molecule has 1 unspecified atom stereocenters. The molecule has 0 radical (unpaired) electrons. The minimum Gasteiger partial charge on any atom is -0.458 e. The van der Waals surface area contributed by atoms with Crippen molar-refractivity contribution in [1.82, 2.24) is 9.97 Å². The Hall–Kier alpha value is -1.86. The third kappa shape index (κ3) is 4.56. The molecule has 1 aromatic carbocycles. The van der Waals surface area contributed by atoms with Crippen molar-refractivity contribution in [3.8, 4) is 5.75 Å². The van der Waals surface area contributed by atoms with Gasteiger partial charge < -0.3 is 9.47 Å². The van der Waals surface area contributed by atoms with Gasteiger partial charge in [-0.25, -0.2) is 9.37 Å². The van der Waals surface area contributed by atoms with E-state index in [9.17, 15) is 9.18 Å². The molecule has 0 spiro atoms. The quantitative estimate of drug-likeness (QED) is 0.671. The summed E-state index contributed by atoms with van der Waals surface area (Å²) in [4.78, 5) is 18.9. The number of hydrogen-bond donors (Lipinski definition) is 1. The zero-order chi connectivity index (χ0) is 16.1. The maximum Gasteiger partial charge on any atom is 0.294 e. The molecule has 7 heteroatoms. The smallest absolute Gasteiger partial charge is 0.294 e. The molecule has 0 bridgehead atoms. The zero-order valence-electron chi connectivity index (χ0n) is 12.5. The number of ether oxygens (including phenoxy) is 2. The second kappa shape index (κ2) is 7.61. The highest BCUT2D eigenvalue weighted by Crippen LogP contribution is 2.20. The lowest BCUT2D eigenvalue weighted by Gasteiger charge is -2.22. The van der Waals surface area contributed by atoms with Gasteiger partial charge in [-0.15, -0.1) is 0 Å². The molecule has 2 heterocycles. The summed E-state index contributed by atoms with van der Waals surface area (Å²) in [5.41, 5.74) is 0.490. The molecule has 122 valence electrons. The summed E-state index contributed by atoms with van der Waals surface area (Å²) < 4.78 is 24.1. The van der Waals surface area contributed by atoms with E-state index in [-0.39, 0.29) is 23.4 Å². The Morgan fingerprint density at radius 1 is 1.43 bits per heavy atom. The van der Waals surface area contributed by atoms with Gasteiger partial charge in [-0.05, 0) is 30.5 Å². The van der Waals surface area contributed by atoms with E-state index >= 15 is 0 Å². The maximum absolute atomic E-state index is 13.1. The monoisotopic (exact) mass is 336 g/mol. The van der Waals surface area contributed by atoms with Crippen LogP contribution in [0.2, 0.25) is 0 Å². The van der Waals surface area contributed by atoms with Crippen LogP contribution in [0.1, 0.15) is 24.8 Å². The number of H-pyrrole nitrogens is 1. The van der Waals surface area contributed by atoms with Crippen LogP contribution in [-0.4, -0.2) is 22.9 Å². The minimum absolute atomic E-state index is 0.159. The summed E-state index contributed by atoms with van der Waals surface area (Å²) in [6.07, 6.45) is 3.85. The molecule has 1 aliphatic heterocycles. The number of halogens is 1. The fraction of sp³-hybridized carbons (Fsp3) is 0.375. The third-order valence-electron chi connectivity index (χ3n) is 3.40. The molecule has 0 saturated carbocycles. The topological polar surface area (TPSA) is 64.2 Å². The molecule has 1 N–H and O–H groups in total. The van der Waals surface area contributed by atoms with Crippen molar-refractivity contribution < 1.29 is 13.9 Å². The lowest BCUT2D eigenvalue weighted by molar-refractivity contribution is -0.106. The van der Waals surface area contributed by atoms with Crippen molar-refractivity contribution in [2.24, 2.45) is 0 Å². The van der Waals surface area contributed by atoms with Gasteiger partial charge in [-0.1, -0.05) is 23.9 Å². The number of rotatable bonds is 5. The first kappa shape index (κ1) is 16.0. The molecule has 5 nitrogen and oxygen atoms in total. The predicted octanol–water partition coefficient (Wildman–Crippen LogP) is 3.11. The largest absolute Gasteiger partial charge is 0.458 e. The van der Waals surface area contributed by atoms with Crippen LogP contribution in [0.4, 0.5) is 4.39 Å². The van der Waals surface area contributed by atoms with Gasteiger partial charge >= 0.3 is 0 Å². The van der Waals surface area contributed by atoms with Crippen molar-refractivity contribution in [1.29, 1.82) is 0 Å². The fourth-order valence-corrected chi connectivity index (χ4v) is 3.02. The molecule has 1 saturated heterocycles. The van der Waals surface area contributed by atoms with Crippen LogP contribution >= 0.6 is 11.8 Å². The van der Waals surface area contributed by atoms with Crippen LogP contribution in [-0.2, 0) is 10.5 Å². The van der Waals surface area contributed by atoms with Crippen LogP contribution in [0.3, 0.4) is 0 Å². The van der Waals surface area contributed by atoms with Crippen molar-refractivity contribution in [2.45, 2.75) is 36.5 Å². The van der Waals surface area contributed by atoms with Crippen LogP contribution in [0.15, 0.2) is 40.4 Å². The lowest BCUT2D eigenvalue weighted by atomic mass is 10.2. The first-order valence-electron chi connectivity index (χ1n) is 7.45. The van der Waals surface area contributed by atoms with Gasteiger partial charge in [-0.3, -0.25) is 9.78 Å². The number of benzene rings is 1. The SMILES string of the molecule is O=c1[nH]c(SCc2cccc(F)c2)ncc1OC1CCCCO1. The van der Waals surface area contributed by atoms with E-state index in [2.05, 4.69) is 9.97 Å². The summed E-state index contributed by atoms with van der Waals surface area (Å²) in [5.74, 6) is 0.403. The Bertz CT molecular complexity index is 716. The Balaban J connectivity index is 1.61. The first-order chi connectivity index (χ1) is 11.2. The summed E-state index contributed by atoms with van der Waals surface area (Å²) in [7, 11) is 0. The molecule has 23 heavy (non-hydrogen) atoms. The molecule has 2 aromatic rings. The van der Waals surface area contributed by atoms with Crippen molar-refractivity contribution in [3.05, 3.63) is 52.2 Å². The molecule has 0 aliphatic carbocycles. The summed E-state index contributed by atoms with van der Waals surface area (Å²) in [5, 5.41) is 0.469. The number of thioether (sulfide) groups is 1. The van der Waals surface area contributed by atoms with Crippen LogP contribution in [0.25, 0.3) is 0 Å². The Morgan fingerprint density at radius 2 is 2.35 bits per heavy atom. The van der Waals surface area contributed by atoms with E-state index in [1.807, 2.05) is 6.07 Å². The van der Waals surface area contributed by atoms with Gasteiger partial charge in [0.2, 0.25) is 5.75 Å². The van der Waals surface area contributed by atoms with Gasteiger partial charge in [-0.2, -0.15) is 0 Å². The summed E-state index contributed by atoms with van der Waals surface area (Å²) in [6, 6.07) is 6.34. The summed E-state index contributed by atoms with van der Waals surface area (Å²) >= 11 is 1.33. The normalized spacial score (nSPS) is 17.9. The van der Waals surface area contributed by atoms with Crippen LogP contribution < -0.4 is 10.3 Å². The molecular weight excluding hydrogens is 319 g/mol. The van der Waals surface area contributed by atoms with Gasteiger partial charge in [0.1, 0.15) is 5.82 Å². The molecule has 1 fully saturated rings. The predicted molar refractivity (Wildman–Crippen MR) is 85.0 cm³/mol. The van der Waals surface area contributed by atoms with Crippen LogP contribution in [0, 0.1) is 5.82 Å². The molecular formula is C16H17FN2O3S. The average Bonchev–Trinajstić information content (AvgIpc) is 2.56. The number of nitrogens with zero attached hydrogens (tertiary/aromatic N) is 1. The number of aromatic nitrogens is 2. The van der Waals surface area contributed by atoms with Crippen molar-refractivity contribution in [3.63, 3.8) is 0 Å². The van der Waals surface area contributed by atoms with E-state index < -0.39 is 0 Å². The zero-order valence-corrected chi connectivity index (χ0v) is 13.3. The standard InChI is InChI=1S/C16H17FN2O3S/c17-12-5-3-4-11(8-12)10-23-16-18-9-13(15(20)19-16)22-14-6-1-2-7-21-14/h3-5,8-9,14H,1-2,6-7,10H2,(H,18,19,20). The Morgan fingerprint density at radius 3 is 3.09 bits per heavy atom. The minimum atomic E-state index is -0.377. The van der Waals surface area contributed by atoms with Gasteiger partial charge in [0.05, 0.1) is 12.8 Å². The number of nitrogens with one attached hydrogen (secondary N) is 1.